The molecule has 1 amide bonds. The Morgan fingerprint density at radius 2 is 1.76 bits per heavy atom. The van der Waals surface area contributed by atoms with Crippen molar-refractivity contribution >= 4 is 11.9 Å². The smallest absolute Gasteiger partial charge is 0.354 e. The van der Waals surface area contributed by atoms with Crippen molar-refractivity contribution in [2.75, 3.05) is 6.54 Å². The molecular weight excluding hydrogens is 370 g/mol. The van der Waals surface area contributed by atoms with Gasteiger partial charge in [0.1, 0.15) is 5.69 Å². The van der Waals surface area contributed by atoms with E-state index in [1.165, 1.54) is 16.9 Å². The topological polar surface area (TPSA) is 93.3 Å². The van der Waals surface area contributed by atoms with Gasteiger partial charge in [0.05, 0.1) is 18.8 Å². The van der Waals surface area contributed by atoms with Crippen LogP contribution in [0.5, 0.6) is 0 Å². The van der Waals surface area contributed by atoms with Gasteiger partial charge in [0.2, 0.25) is 5.91 Å². The molecule has 3 rings (SSSR count). The number of carboxylic acids is 1. The van der Waals surface area contributed by atoms with E-state index >= 15 is 0 Å². The highest BCUT2D eigenvalue weighted by molar-refractivity contribution is 5.85. The van der Waals surface area contributed by atoms with Crippen molar-refractivity contribution in [2.24, 2.45) is 0 Å². The SMILES string of the molecule is CCn1nccc1CN(CCc1ccccc1)C(=O)CCn1nccc1C(=O)O. The van der Waals surface area contributed by atoms with Gasteiger partial charge >= 0.3 is 5.97 Å². The van der Waals surface area contributed by atoms with Crippen molar-refractivity contribution in [2.45, 2.75) is 39.4 Å². The number of carboxylic acid groups (broad SMARTS) is 1. The Morgan fingerprint density at radius 1 is 1.03 bits per heavy atom. The third kappa shape index (κ3) is 5.31. The molecule has 0 fully saturated rings. The first-order valence-corrected chi connectivity index (χ1v) is 9.66. The number of carbonyl (C=O) groups is 2. The lowest BCUT2D eigenvalue weighted by Gasteiger charge is -2.23. The van der Waals surface area contributed by atoms with Gasteiger partial charge in [0.15, 0.2) is 0 Å². The maximum absolute atomic E-state index is 13.0. The van der Waals surface area contributed by atoms with Gasteiger partial charge in [-0.2, -0.15) is 10.2 Å². The molecule has 0 spiro atoms. The van der Waals surface area contributed by atoms with Crippen molar-refractivity contribution < 1.29 is 14.7 Å². The van der Waals surface area contributed by atoms with Gasteiger partial charge < -0.3 is 10.0 Å². The number of amides is 1. The second kappa shape index (κ2) is 9.68. The van der Waals surface area contributed by atoms with Crippen molar-refractivity contribution in [3.05, 3.63) is 71.8 Å². The van der Waals surface area contributed by atoms with Crippen molar-refractivity contribution in [1.29, 1.82) is 0 Å². The third-order valence-electron chi connectivity index (χ3n) is 4.80. The van der Waals surface area contributed by atoms with Gasteiger partial charge in [-0.3, -0.25) is 14.2 Å². The quantitative estimate of drug-likeness (QED) is 0.569. The Bertz CT molecular complexity index is 948. The fraction of sp³-hybridized carbons (Fsp3) is 0.333. The Hall–Kier alpha value is -3.42. The summed E-state index contributed by atoms with van der Waals surface area (Å²) in [5.74, 6) is -1.10. The molecule has 29 heavy (non-hydrogen) atoms. The van der Waals surface area contributed by atoms with Crippen LogP contribution in [0.4, 0.5) is 0 Å². The highest BCUT2D eigenvalue weighted by Gasteiger charge is 2.18. The van der Waals surface area contributed by atoms with Crippen molar-refractivity contribution in [3.8, 4) is 0 Å². The lowest BCUT2D eigenvalue weighted by molar-refractivity contribution is -0.132. The minimum atomic E-state index is -1.05. The van der Waals surface area contributed by atoms with Gasteiger partial charge in [-0.05, 0) is 31.0 Å². The van der Waals surface area contributed by atoms with E-state index in [0.29, 0.717) is 13.1 Å². The average molecular weight is 395 g/mol. The van der Waals surface area contributed by atoms with Crippen LogP contribution in [0.25, 0.3) is 0 Å². The fourth-order valence-electron chi connectivity index (χ4n) is 3.23. The van der Waals surface area contributed by atoms with E-state index in [0.717, 1.165) is 24.2 Å². The zero-order chi connectivity index (χ0) is 20.6. The normalized spacial score (nSPS) is 10.8. The second-order valence-corrected chi connectivity index (χ2v) is 6.68. The van der Waals surface area contributed by atoms with Crippen molar-refractivity contribution in [1.82, 2.24) is 24.5 Å². The summed E-state index contributed by atoms with van der Waals surface area (Å²) in [4.78, 5) is 26.0. The predicted octanol–water partition coefficient (Wildman–Crippen LogP) is 2.46. The summed E-state index contributed by atoms with van der Waals surface area (Å²) in [7, 11) is 0. The fourth-order valence-corrected chi connectivity index (χ4v) is 3.23. The maximum atomic E-state index is 13.0. The number of aromatic carboxylic acids is 1. The van der Waals surface area contributed by atoms with Crippen LogP contribution in [0.3, 0.4) is 0 Å². The number of carbonyl (C=O) groups excluding carboxylic acids is 1. The zero-order valence-corrected chi connectivity index (χ0v) is 16.4. The Labute approximate surface area is 169 Å². The lowest BCUT2D eigenvalue weighted by atomic mass is 10.1. The Balaban J connectivity index is 1.69. The number of benzene rings is 1. The van der Waals surface area contributed by atoms with Crippen LogP contribution in [0.15, 0.2) is 54.9 Å². The van der Waals surface area contributed by atoms with E-state index in [1.54, 1.807) is 11.1 Å². The van der Waals surface area contributed by atoms with Crippen LogP contribution in [-0.2, 0) is 30.8 Å². The van der Waals surface area contributed by atoms with E-state index in [-0.39, 0.29) is 24.6 Å². The number of rotatable bonds is 10. The predicted molar refractivity (Wildman–Crippen MR) is 107 cm³/mol. The molecule has 0 aliphatic heterocycles. The number of aryl methyl sites for hydroxylation is 2. The number of aromatic nitrogens is 4. The first kappa shape index (κ1) is 20.3. The number of nitrogens with zero attached hydrogens (tertiary/aromatic N) is 5. The summed E-state index contributed by atoms with van der Waals surface area (Å²) in [5, 5.41) is 17.5. The van der Waals surface area contributed by atoms with E-state index in [4.69, 9.17) is 0 Å². The standard InChI is InChI=1S/C21H25N5O3/c1-2-25-18(8-12-22-25)16-24(14-10-17-6-4-3-5-7-17)20(27)11-15-26-19(21(28)29)9-13-23-26/h3-9,12-13H,2,10-11,14-16H2,1H3,(H,28,29). The van der Waals surface area contributed by atoms with Gasteiger partial charge in [0.25, 0.3) is 0 Å². The molecule has 8 nitrogen and oxygen atoms in total. The molecule has 0 unspecified atom stereocenters. The second-order valence-electron chi connectivity index (χ2n) is 6.68. The molecule has 152 valence electrons. The monoisotopic (exact) mass is 395 g/mol. The van der Waals surface area contributed by atoms with Crippen LogP contribution < -0.4 is 0 Å². The van der Waals surface area contributed by atoms with Gasteiger partial charge in [-0.25, -0.2) is 4.79 Å². The maximum Gasteiger partial charge on any atom is 0.354 e. The van der Waals surface area contributed by atoms with Crippen LogP contribution in [0, 0.1) is 0 Å². The summed E-state index contributed by atoms with van der Waals surface area (Å²) in [6, 6.07) is 13.4. The van der Waals surface area contributed by atoms with Crippen molar-refractivity contribution in [3.63, 3.8) is 0 Å². The van der Waals surface area contributed by atoms with Crippen LogP contribution in [0.2, 0.25) is 0 Å². The zero-order valence-electron chi connectivity index (χ0n) is 16.4. The summed E-state index contributed by atoms with van der Waals surface area (Å²) in [5.41, 5.74) is 2.21. The van der Waals surface area contributed by atoms with Gasteiger partial charge in [-0.1, -0.05) is 30.3 Å². The minimum Gasteiger partial charge on any atom is -0.477 e. The first-order chi connectivity index (χ1) is 14.1. The molecule has 0 aliphatic rings. The highest BCUT2D eigenvalue weighted by atomic mass is 16.4. The molecule has 0 atom stereocenters. The van der Waals surface area contributed by atoms with Crippen LogP contribution in [0.1, 0.15) is 35.1 Å². The van der Waals surface area contributed by atoms with Gasteiger partial charge in [-0.15, -0.1) is 0 Å². The molecule has 2 heterocycles. The van der Waals surface area contributed by atoms with E-state index in [9.17, 15) is 14.7 Å². The van der Waals surface area contributed by atoms with Gasteiger partial charge in [0, 0.05) is 31.9 Å². The molecule has 0 aliphatic carbocycles. The van der Waals surface area contributed by atoms with Crippen LogP contribution >= 0.6 is 0 Å². The summed E-state index contributed by atoms with van der Waals surface area (Å²) >= 11 is 0. The first-order valence-electron chi connectivity index (χ1n) is 9.66. The average Bonchev–Trinajstić information content (AvgIpc) is 3.39. The Morgan fingerprint density at radius 3 is 2.48 bits per heavy atom. The molecule has 0 saturated heterocycles. The summed E-state index contributed by atoms with van der Waals surface area (Å²) in [6.45, 7) is 4.01. The van der Waals surface area contributed by atoms with E-state index in [1.807, 2.05) is 48.0 Å². The van der Waals surface area contributed by atoms with Crippen LogP contribution in [-0.4, -0.2) is 48.0 Å². The minimum absolute atomic E-state index is 0.0448. The number of hydrogen-bond donors (Lipinski definition) is 1. The molecule has 2 aromatic heterocycles. The molecule has 3 aromatic rings. The third-order valence-corrected chi connectivity index (χ3v) is 4.80. The van der Waals surface area contributed by atoms with E-state index < -0.39 is 5.97 Å². The molecular formula is C21H25N5O3. The summed E-state index contributed by atoms with van der Waals surface area (Å²) < 4.78 is 3.23. The molecule has 8 heteroatoms. The van der Waals surface area contributed by atoms with E-state index in [2.05, 4.69) is 10.2 Å². The lowest BCUT2D eigenvalue weighted by Crippen LogP contribution is -2.34. The molecule has 0 radical (unpaired) electrons. The molecule has 1 aromatic carbocycles. The summed E-state index contributed by atoms with van der Waals surface area (Å²) in [6.07, 6.45) is 4.09. The highest BCUT2D eigenvalue weighted by Crippen LogP contribution is 2.10. The molecule has 1 N–H and O–H groups in total. The largest absolute Gasteiger partial charge is 0.477 e. The number of hydrogen-bond acceptors (Lipinski definition) is 4. The Kier molecular flexibility index (Phi) is 6.78. The molecule has 0 bridgehead atoms. The molecule has 0 saturated carbocycles.